The second kappa shape index (κ2) is 8.55. The van der Waals surface area contributed by atoms with Gasteiger partial charge in [0.1, 0.15) is 0 Å². The molecule has 25 heavy (non-hydrogen) atoms. The Balaban J connectivity index is 2.11. The van der Waals surface area contributed by atoms with E-state index < -0.39 is 6.10 Å². The van der Waals surface area contributed by atoms with Gasteiger partial charge in [-0.3, -0.25) is 9.59 Å². The first-order valence-corrected chi connectivity index (χ1v) is 8.24. The first kappa shape index (κ1) is 18.8. The van der Waals surface area contributed by atoms with E-state index >= 15 is 0 Å². The number of rotatable bonds is 7. The Kier molecular flexibility index (Phi) is 6.44. The van der Waals surface area contributed by atoms with E-state index in [0.29, 0.717) is 17.5 Å². The highest BCUT2D eigenvalue weighted by Crippen LogP contribution is 2.21. The number of carbonyl (C=O) groups is 2. The van der Waals surface area contributed by atoms with E-state index in [2.05, 4.69) is 0 Å². The van der Waals surface area contributed by atoms with Crippen LogP contribution in [0.3, 0.4) is 0 Å². The summed E-state index contributed by atoms with van der Waals surface area (Å²) in [6.45, 7) is 1.53. The number of aliphatic hydroxyl groups excluding tert-OH is 2. The molecule has 0 saturated heterocycles. The molecule has 5 nitrogen and oxygen atoms in total. The Morgan fingerprint density at radius 2 is 1.44 bits per heavy atom. The van der Waals surface area contributed by atoms with Crippen LogP contribution in [0.2, 0.25) is 0 Å². The quantitative estimate of drug-likeness (QED) is 0.758. The summed E-state index contributed by atoms with van der Waals surface area (Å²) in [4.78, 5) is 25.3. The first-order chi connectivity index (χ1) is 12.0. The van der Waals surface area contributed by atoms with Gasteiger partial charge in [0.15, 0.2) is 5.78 Å². The van der Waals surface area contributed by atoms with Gasteiger partial charge in [-0.25, -0.2) is 0 Å². The molecule has 2 rings (SSSR count). The maximum atomic E-state index is 12.3. The van der Waals surface area contributed by atoms with Crippen molar-refractivity contribution in [3.8, 4) is 11.1 Å². The normalized spacial score (nSPS) is 11.8. The van der Waals surface area contributed by atoms with Crippen LogP contribution in [-0.4, -0.2) is 53.1 Å². The number of benzene rings is 2. The van der Waals surface area contributed by atoms with Gasteiger partial charge in [-0.2, -0.15) is 0 Å². The fraction of sp³-hybridized carbons (Fsp3) is 0.300. The number of carbonyl (C=O) groups excluding carboxylic acids is 2. The first-order valence-electron chi connectivity index (χ1n) is 8.24. The van der Waals surface area contributed by atoms with Crippen molar-refractivity contribution in [1.82, 2.24) is 4.90 Å². The number of aliphatic hydroxyl groups is 2. The van der Waals surface area contributed by atoms with E-state index in [-0.39, 0.29) is 24.8 Å². The van der Waals surface area contributed by atoms with Crippen LogP contribution in [0.15, 0.2) is 48.5 Å². The average molecular weight is 341 g/mol. The molecule has 0 unspecified atom stereocenters. The van der Waals surface area contributed by atoms with Crippen LogP contribution in [-0.2, 0) is 0 Å². The molecule has 2 N–H and O–H groups in total. The average Bonchev–Trinajstić information content (AvgIpc) is 2.66. The SMILES string of the molecule is CCC(=O)c1ccc(-c2ccc(C(=O)N(C)C[C@@H](O)CO)cc2)cc1. The maximum absolute atomic E-state index is 12.3. The maximum Gasteiger partial charge on any atom is 0.253 e. The lowest BCUT2D eigenvalue weighted by Crippen LogP contribution is -2.35. The molecule has 0 bridgehead atoms. The summed E-state index contributed by atoms with van der Waals surface area (Å²) in [5, 5.41) is 18.3. The van der Waals surface area contributed by atoms with Crippen LogP contribution < -0.4 is 0 Å². The Bertz CT molecular complexity index is 722. The third-order valence-corrected chi connectivity index (χ3v) is 4.04. The molecule has 132 valence electrons. The van der Waals surface area contributed by atoms with E-state index in [0.717, 1.165) is 11.1 Å². The molecule has 0 saturated carbocycles. The fourth-order valence-corrected chi connectivity index (χ4v) is 2.54. The van der Waals surface area contributed by atoms with Crippen molar-refractivity contribution in [1.29, 1.82) is 0 Å². The summed E-state index contributed by atoms with van der Waals surface area (Å²) >= 11 is 0. The fourth-order valence-electron chi connectivity index (χ4n) is 2.54. The summed E-state index contributed by atoms with van der Waals surface area (Å²) in [5.74, 6) is -0.108. The lowest BCUT2D eigenvalue weighted by atomic mass is 10.0. The highest BCUT2D eigenvalue weighted by Gasteiger charge is 2.15. The Morgan fingerprint density at radius 3 is 1.88 bits per heavy atom. The summed E-state index contributed by atoms with van der Waals surface area (Å²) in [6, 6.07) is 14.6. The highest BCUT2D eigenvalue weighted by molar-refractivity contribution is 5.96. The van der Waals surface area contributed by atoms with Crippen LogP contribution in [0.1, 0.15) is 34.1 Å². The predicted octanol–water partition coefficient (Wildman–Crippen LogP) is 2.37. The Labute approximate surface area is 147 Å². The minimum atomic E-state index is -0.947. The van der Waals surface area contributed by atoms with Gasteiger partial charge in [0, 0.05) is 31.1 Å². The number of Topliss-reactive ketones (excluding diaryl/α,β-unsaturated/α-hetero) is 1. The highest BCUT2D eigenvalue weighted by atomic mass is 16.3. The van der Waals surface area contributed by atoms with Gasteiger partial charge in [0.05, 0.1) is 12.7 Å². The second-order valence-electron chi connectivity index (χ2n) is 5.95. The van der Waals surface area contributed by atoms with Crippen molar-refractivity contribution in [2.24, 2.45) is 0 Å². The zero-order valence-electron chi connectivity index (χ0n) is 14.5. The largest absolute Gasteiger partial charge is 0.394 e. The topological polar surface area (TPSA) is 77.8 Å². The van der Waals surface area contributed by atoms with E-state index in [1.807, 2.05) is 43.3 Å². The lowest BCUT2D eigenvalue weighted by molar-refractivity contribution is 0.0520. The van der Waals surface area contributed by atoms with E-state index in [1.165, 1.54) is 4.90 Å². The monoisotopic (exact) mass is 341 g/mol. The second-order valence-corrected chi connectivity index (χ2v) is 5.95. The van der Waals surface area contributed by atoms with Gasteiger partial charge in [-0.15, -0.1) is 0 Å². The van der Waals surface area contributed by atoms with E-state index in [9.17, 15) is 14.7 Å². The van der Waals surface area contributed by atoms with Crippen LogP contribution in [0.5, 0.6) is 0 Å². The molecule has 0 heterocycles. The molecule has 0 aliphatic heterocycles. The van der Waals surface area contributed by atoms with E-state index in [4.69, 9.17) is 5.11 Å². The minimum absolute atomic E-state index is 0.0734. The van der Waals surface area contributed by atoms with Crippen LogP contribution in [0, 0.1) is 0 Å². The smallest absolute Gasteiger partial charge is 0.253 e. The molecule has 1 atom stereocenters. The molecule has 0 aromatic heterocycles. The standard InChI is InChI=1S/C20H23NO4/c1-3-19(24)16-8-4-14(5-9-16)15-6-10-17(11-7-15)20(25)21(2)12-18(23)13-22/h4-11,18,22-23H,3,12-13H2,1-2H3/t18-/m1/s1. The van der Waals surface area contributed by atoms with Gasteiger partial charge in [0.25, 0.3) is 5.91 Å². The van der Waals surface area contributed by atoms with Crippen molar-refractivity contribution in [3.05, 3.63) is 59.7 Å². The van der Waals surface area contributed by atoms with E-state index in [1.54, 1.807) is 19.2 Å². The summed E-state index contributed by atoms with van der Waals surface area (Å²) in [7, 11) is 1.58. The predicted molar refractivity (Wildman–Crippen MR) is 96.6 cm³/mol. The zero-order valence-corrected chi connectivity index (χ0v) is 14.5. The molecule has 0 fully saturated rings. The third-order valence-electron chi connectivity index (χ3n) is 4.04. The summed E-state index contributed by atoms with van der Waals surface area (Å²) in [6.07, 6.45) is -0.466. The van der Waals surface area contributed by atoms with Crippen molar-refractivity contribution in [2.75, 3.05) is 20.2 Å². The molecule has 2 aromatic rings. The van der Waals surface area contributed by atoms with Crippen molar-refractivity contribution in [3.63, 3.8) is 0 Å². The molecule has 2 aromatic carbocycles. The zero-order chi connectivity index (χ0) is 18.4. The van der Waals surface area contributed by atoms with Crippen LogP contribution >= 0.6 is 0 Å². The number of nitrogens with zero attached hydrogens (tertiary/aromatic N) is 1. The number of amides is 1. The molecule has 0 spiro atoms. The van der Waals surface area contributed by atoms with Crippen molar-refractivity contribution in [2.45, 2.75) is 19.4 Å². The Morgan fingerprint density at radius 1 is 0.960 bits per heavy atom. The molecular formula is C20H23NO4. The van der Waals surface area contributed by atoms with Gasteiger partial charge in [-0.05, 0) is 23.3 Å². The van der Waals surface area contributed by atoms with Gasteiger partial charge < -0.3 is 15.1 Å². The molecule has 0 aliphatic rings. The molecule has 5 heteroatoms. The third kappa shape index (κ3) is 4.75. The summed E-state index contributed by atoms with van der Waals surface area (Å²) in [5.41, 5.74) is 3.12. The number of hydrogen-bond donors (Lipinski definition) is 2. The van der Waals surface area contributed by atoms with Gasteiger partial charge >= 0.3 is 0 Å². The van der Waals surface area contributed by atoms with Crippen molar-refractivity contribution >= 4 is 11.7 Å². The molecule has 1 amide bonds. The summed E-state index contributed by atoms with van der Waals surface area (Å²) < 4.78 is 0. The lowest BCUT2D eigenvalue weighted by Gasteiger charge is -2.19. The number of hydrogen-bond acceptors (Lipinski definition) is 4. The van der Waals surface area contributed by atoms with Gasteiger partial charge in [0.2, 0.25) is 0 Å². The van der Waals surface area contributed by atoms with Crippen LogP contribution in [0.25, 0.3) is 11.1 Å². The van der Waals surface area contributed by atoms with Gasteiger partial charge in [-0.1, -0.05) is 43.3 Å². The Hall–Kier alpha value is -2.50. The molecule has 0 radical (unpaired) electrons. The van der Waals surface area contributed by atoms with Crippen molar-refractivity contribution < 1.29 is 19.8 Å². The molecule has 0 aliphatic carbocycles. The number of ketones is 1. The molecular weight excluding hydrogens is 318 g/mol. The minimum Gasteiger partial charge on any atom is -0.394 e. The number of likely N-dealkylation sites (N-methyl/N-ethyl adjacent to an activating group) is 1. The van der Waals surface area contributed by atoms with Crippen LogP contribution in [0.4, 0.5) is 0 Å².